The maximum Gasteiger partial charge on any atom is 0.226 e. The van der Waals surface area contributed by atoms with Crippen LogP contribution in [-0.2, 0) is 6.42 Å². The third-order valence-corrected chi connectivity index (χ3v) is 5.20. The van der Waals surface area contributed by atoms with Gasteiger partial charge in [0, 0.05) is 32.1 Å². The van der Waals surface area contributed by atoms with Crippen molar-refractivity contribution in [1.29, 1.82) is 0 Å². The molecule has 0 radical (unpaired) electrons. The van der Waals surface area contributed by atoms with Gasteiger partial charge in [-0.3, -0.25) is 9.89 Å². The number of likely N-dealkylation sites (tertiary alicyclic amines) is 1. The minimum absolute atomic E-state index is 0. The number of nitrogens with one attached hydrogen (secondary N) is 2. The lowest BCUT2D eigenvalue weighted by Crippen LogP contribution is -2.43. The van der Waals surface area contributed by atoms with Crippen molar-refractivity contribution in [1.82, 2.24) is 25.7 Å². The molecular weight excluding hydrogens is 495 g/mol. The minimum Gasteiger partial charge on any atom is -0.496 e. The van der Waals surface area contributed by atoms with Crippen LogP contribution in [0.25, 0.3) is 0 Å². The monoisotopic (exact) mass is 528 g/mol. The number of hydrogen-bond donors (Lipinski definition) is 2. The Bertz CT molecular complexity index is 791. The van der Waals surface area contributed by atoms with Crippen LogP contribution in [0.15, 0.2) is 33.8 Å². The SMILES string of the molecule is CN=C(NCCCc1nc(C)no1)NCC(c1ccccc1OC)N1CCCC1.I. The molecule has 0 bridgehead atoms. The minimum atomic E-state index is 0. The summed E-state index contributed by atoms with van der Waals surface area (Å²) in [7, 11) is 3.53. The molecule has 1 aliphatic heterocycles. The largest absolute Gasteiger partial charge is 0.496 e. The molecule has 1 fully saturated rings. The van der Waals surface area contributed by atoms with Crippen molar-refractivity contribution in [3.05, 3.63) is 41.5 Å². The van der Waals surface area contributed by atoms with Crippen LogP contribution in [0.4, 0.5) is 0 Å². The van der Waals surface area contributed by atoms with Gasteiger partial charge in [-0.25, -0.2) is 0 Å². The molecule has 1 atom stereocenters. The van der Waals surface area contributed by atoms with E-state index in [1.807, 2.05) is 19.1 Å². The first-order chi connectivity index (χ1) is 14.2. The summed E-state index contributed by atoms with van der Waals surface area (Å²) in [6, 6.07) is 8.53. The normalized spacial score (nSPS) is 15.5. The van der Waals surface area contributed by atoms with Gasteiger partial charge in [0.05, 0.1) is 13.2 Å². The Morgan fingerprint density at radius 3 is 2.70 bits per heavy atom. The van der Waals surface area contributed by atoms with E-state index in [9.17, 15) is 0 Å². The second-order valence-electron chi connectivity index (χ2n) is 7.22. The highest BCUT2D eigenvalue weighted by atomic mass is 127. The number of rotatable bonds is 9. The maximum atomic E-state index is 5.62. The fraction of sp³-hybridized carbons (Fsp3) is 0.571. The van der Waals surface area contributed by atoms with E-state index in [1.165, 1.54) is 18.4 Å². The third kappa shape index (κ3) is 6.83. The van der Waals surface area contributed by atoms with Crippen molar-refractivity contribution >= 4 is 29.9 Å². The van der Waals surface area contributed by atoms with Gasteiger partial charge in [-0.05, 0) is 45.3 Å². The summed E-state index contributed by atoms with van der Waals surface area (Å²) in [5, 5.41) is 10.7. The number of aromatic nitrogens is 2. The Balaban J connectivity index is 0.00000320. The number of guanidine groups is 1. The zero-order valence-corrected chi connectivity index (χ0v) is 20.4. The fourth-order valence-electron chi connectivity index (χ4n) is 3.73. The number of nitrogens with zero attached hydrogens (tertiary/aromatic N) is 4. The number of para-hydroxylation sites is 1. The zero-order valence-electron chi connectivity index (χ0n) is 18.1. The van der Waals surface area contributed by atoms with Crippen LogP contribution in [0.2, 0.25) is 0 Å². The summed E-state index contributed by atoms with van der Waals surface area (Å²) in [4.78, 5) is 11.1. The fourth-order valence-corrected chi connectivity index (χ4v) is 3.73. The standard InChI is InChI=1S/C21H32N6O2.HI/c1-16-25-20(29-26-16)11-8-12-23-21(22-2)24-15-18(27-13-6-7-14-27)17-9-4-5-10-19(17)28-3;/h4-5,9-10,18H,6-8,11-15H2,1-3H3,(H2,22,23,24);1H. The van der Waals surface area contributed by atoms with Crippen molar-refractivity contribution in [2.24, 2.45) is 4.99 Å². The Morgan fingerprint density at radius 1 is 1.27 bits per heavy atom. The van der Waals surface area contributed by atoms with Gasteiger partial charge in [0.1, 0.15) is 5.75 Å². The molecule has 1 aromatic carbocycles. The highest BCUT2D eigenvalue weighted by Gasteiger charge is 2.26. The van der Waals surface area contributed by atoms with Gasteiger partial charge in [-0.15, -0.1) is 24.0 Å². The Morgan fingerprint density at radius 2 is 2.03 bits per heavy atom. The van der Waals surface area contributed by atoms with Gasteiger partial charge >= 0.3 is 0 Å². The molecule has 2 N–H and O–H groups in total. The summed E-state index contributed by atoms with van der Waals surface area (Å²) in [6.45, 7) is 5.60. The van der Waals surface area contributed by atoms with Crippen LogP contribution in [0.1, 0.15) is 42.6 Å². The summed E-state index contributed by atoms with van der Waals surface area (Å²) >= 11 is 0. The van der Waals surface area contributed by atoms with E-state index in [1.54, 1.807) is 14.2 Å². The van der Waals surface area contributed by atoms with E-state index in [2.05, 4.69) is 42.8 Å². The number of benzene rings is 1. The molecule has 1 aromatic heterocycles. The van der Waals surface area contributed by atoms with Crippen molar-refractivity contribution in [3.63, 3.8) is 0 Å². The molecule has 2 heterocycles. The molecule has 1 aliphatic rings. The molecule has 9 heteroatoms. The summed E-state index contributed by atoms with van der Waals surface area (Å²) in [5.41, 5.74) is 1.21. The topological polar surface area (TPSA) is 87.8 Å². The Hall–Kier alpha value is -1.88. The lowest BCUT2D eigenvalue weighted by molar-refractivity contribution is 0.239. The van der Waals surface area contributed by atoms with Crippen LogP contribution < -0.4 is 15.4 Å². The van der Waals surface area contributed by atoms with Crippen LogP contribution in [0, 0.1) is 6.92 Å². The number of methoxy groups -OCH3 is 1. The Labute approximate surface area is 195 Å². The van der Waals surface area contributed by atoms with Gasteiger partial charge in [0.15, 0.2) is 11.8 Å². The molecule has 30 heavy (non-hydrogen) atoms. The first-order valence-electron chi connectivity index (χ1n) is 10.3. The number of hydrogen-bond acceptors (Lipinski definition) is 6. The van der Waals surface area contributed by atoms with Crippen LogP contribution in [-0.4, -0.2) is 61.3 Å². The molecule has 1 unspecified atom stereocenters. The molecule has 1 saturated heterocycles. The number of halogens is 1. The summed E-state index contributed by atoms with van der Waals surface area (Å²) < 4.78 is 10.8. The third-order valence-electron chi connectivity index (χ3n) is 5.20. The molecule has 2 aromatic rings. The average molecular weight is 528 g/mol. The lowest BCUT2D eigenvalue weighted by atomic mass is 10.0. The zero-order chi connectivity index (χ0) is 20.5. The van der Waals surface area contributed by atoms with E-state index in [4.69, 9.17) is 9.26 Å². The summed E-state index contributed by atoms with van der Waals surface area (Å²) in [5.74, 6) is 3.09. The van der Waals surface area contributed by atoms with Crippen molar-refractivity contribution < 1.29 is 9.26 Å². The first-order valence-corrected chi connectivity index (χ1v) is 10.3. The molecule has 0 amide bonds. The van der Waals surface area contributed by atoms with E-state index in [0.29, 0.717) is 11.7 Å². The predicted molar refractivity (Wildman–Crippen MR) is 129 cm³/mol. The van der Waals surface area contributed by atoms with Gasteiger partial charge in [0.2, 0.25) is 5.89 Å². The van der Waals surface area contributed by atoms with Gasteiger partial charge in [0.25, 0.3) is 0 Å². The molecule has 3 rings (SSSR count). The molecule has 166 valence electrons. The summed E-state index contributed by atoms with van der Waals surface area (Å²) in [6.07, 6.45) is 4.13. The molecular formula is C21H33IN6O2. The number of aryl methyl sites for hydroxylation is 2. The molecule has 0 aliphatic carbocycles. The van der Waals surface area contributed by atoms with E-state index in [0.717, 1.165) is 50.7 Å². The van der Waals surface area contributed by atoms with Gasteiger partial charge in [-0.2, -0.15) is 4.98 Å². The predicted octanol–water partition coefficient (Wildman–Crippen LogP) is 2.94. The quantitative estimate of drug-likeness (QED) is 0.224. The second-order valence-corrected chi connectivity index (χ2v) is 7.22. The molecule has 0 spiro atoms. The van der Waals surface area contributed by atoms with Crippen LogP contribution in [0.3, 0.4) is 0 Å². The van der Waals surface area contributed by atoms with Crippen molar-refractivity contribution in [2.75, 3.05) is 40.3 Å². The first kappa shape index (κ1) is 24.4. The highest BCUT2D eigenvalue weighted by molar-refractivity contribution is 14.0. The second kappa shape index (κ2) is 12.7. The van der Waals surface area contributed by atoms with E-state index >= 15 is 0 Å². The van der Waals surface area contributed by atoms with Crippen LogP contribution in [0.5, 0.6) is 5.75 Å². The van der Waals surface area contributed by atoms with E-state index < -0.39 is 0 Å². The maximum absolute atomic E-state index is 5.62. The lowest BCUT2D eigenvalue weighted by Gasteiger charge is -2.30. The highest BCUT2D eigenvalue weighted by Crippen LogP contribution is 2.31. The molecule has 0 saturated carbocycles. The smallest absolute Gasteiger partial charge is 0.226 e. The average Bonchev–Trinajstić information content (AvgIpc) is 3.42. The van der Waals surface area contributed by atoms with Crippen LogP contribution >= 0.6 is 24.0 Å². The van der Waals surface area contributed by atoms with Crippen molar-refractivity contribution in [2.45, 2.75) is 38.6 Å². The van der Waals surface area contributed by atoms with Gasteiger partial charge < -0.3 is 19.9 Å². The van der Waals surface area contributed by atoms with Gasteiger partial charge in [-0.1, -0.05) is 23.4 Å². The Kier molecular flexibility index (Phi) is 10.4. The van der Waals surface area contributed by atoms with E-state index in [-0.39, 0.29) is 30.0 Å². The van der Waals surface area contributed by atoms with Crippen molar-refractivity contribution in [3.8, 4) is 5.75 Å². The number of ether oxygens (including phenoxy) is 1. The number of aliphatic imine (C=N–C) groups is 1. The molecule has 8 nitrogen and oxygen atoms in total.